The van der Waals surface area contributed by atoms with E-state index >= 15 is 0 Å². The molecular weight excluding hydrogens is 243 g/mol. The van der Waals surface area contributed by atoms with Gasteiger partial charge in [-0.3, -0.25) is 0 Å². The SMILES string of the molecule is CNc1cc(NCCc2cccc(F)c2)nc(C)n1. The second kappa shape index (κ2) is 6.13. The van der Waals surface area contributed by atoms with E-state index in [0.29, 0.717) is 12.4 Å². The number of benzene rings is 1. The van der Waals surface area contributed by atoms with E-state index in [1.54, 1.807) is 12.1 Å². The lowest BCUT2D eigenvalue weighted by Crippen LogP contribution is -2.08. The highest BCUT2D eigenvalue weighted by molar-refractivity contribution is 5.47. The summed E-state index contributed by atoms with van der Waals surface area (Å²) in [6.07, 6.45) is 0.746. The summed E-state index contributed by atoms with van der Waals surface area (Å²) in [6, 6.07) is 8.47. The Labute approximate surface area is 112 Å². The molecule has 0 unspecified atom stereocenters. The molecule has 0 saturated carbocycles. The van der Waals surface area contributed by atoms with E-state index in [1.807, 2.05) is 26.1 Å². The van der Waals surface area contributed by atoms with Gasteiger partial charge in [0.1, 0.15) is 23.3 Å². The van der Waals surface area contributed by atoms with Crippen molar-refractivity contribution in [3.05, 3.63) is 47.5 Å². The molecule has 2 rings (SSSR count). The van der Waals surface area contributed by atoms with Crippen molar-refractivity contribution in [2.75, 3.05) is 24.2 Å². The van der Waals surface area contributed by atoms with Crippen molar-refractivity contribution in [2.24, 2.45) is 0 Å². The topological polar surface area (TPSA) is 49.8 Å². The van der Waals surface area contributed by atoms with Crippen LogP contribution in [0.1, 0.15) is 11.4 Å². The number of aromatic nitrogens is 2. The maximum absolute atomic E-state index is 13.0. The molecular formula is C14H17FN4. The van der Waals surface area contributed by atoms with Crippen LogP contribution < -0.4 is 10.6 Å². The van der Waals surface area contributed by atoms with Crippen molar-refractivity contribution >= 4 is 11.6 Å². The molecule has 1 aromatic carbocycles. The van der Waals surface area contributed by atoms with Crippen molar-refractivity contribution < 1.29 is 4.39 Å². The molecule has 5 heteroatoms. The lowest BCUT2D eigenvalue weighted by Gasteiger charge is -2.08. The number of rotatable bonds is 5. The number of hydrogen-bond donors (Lipinski definition) is 2. The lowest BCUT2D eigenvalue weighted by molar-refractivity contribution is 0.625. The number of nitrogens with one attached hydrogen (secondary N) is 2. The van der Waals surface area contributed by atoms with Gasteiger partial charge in [-0.15, -0.1) is 0 Å². The average molecular weight is 260 g/mol. The molecule has 2 N–H and O–H groups in total. The van der Waals surface area contributed by atoms with Gasteiger partial charge in [-0.2, -0.15) is 0 Å². The van der Waals surface area contributed by atoms with Crippen LogP contribution in [0.2, 0.25) is 0 Å². The number of anilines is 2. The van der Waals surface area contributed by atoms with Crippen LogP contribution in [0.15, 0.2) is 30.3 Å². The Morgan fingerprint density at radius 3 is 2.68 bits per heavy atom. The summed E-state index contributed by atoms with van der Waals surface area (Å²) in [7, 11) is 1.82. The van der Waals surface area contributed by atoms with Crippen LogP contribution in [0.4, 0.5) is 16.0 Å². The molecule has 0 spiro atoms. The van der Waals surface area contributed by atoms with Gasteiger partial charge >= 0.3 is 0 Å². The van der Waals surface area contributed by atoms with Crippen LogP contribution in [-0.2, 0) is 6.42 Å². The van der Waals surface area contributed by atoms with Crippen molar-refractivity contribution in [2.45, 2.75) is 13.3 Å². The first-order chi connectivity index (χ1) is 9.17. The van der Waals surface area contributed by atoms with Gasteiger partial charge in [0.15, 0.2) is 0 Å². The highest BCUT2D eigenvalue weighted by Crippen LogP contribution is 2.11. The zero-order chi connectivity index (χ0) is 13.7. The third kappa shape index (κ3) is 3.91. The van der Waals surface area contributed by atoms with Crippen molar-refractivity contribution in [1.29, 1.82) is 0 Å². The summed E-state index contributed by atoms with van der Waals surface area (Å²) in [5.74, 6) is 2.06. The van der Waals surface area contributed by atoms with Crippen LogP contribution in [0.3, 0.4) is 0 Å². The zero-order valence-electron chi connectivity index (χ0n) is 11.1. The Morgan fingerprint density at radius 2 is 1.95 bits per heavy atom. The molecule has 2 aromatic rings. The molecule has 0 fully saturated rings. The molecule has 0 bridgehead atoms. The van der Waals surface area contributed by atoms with E-state index < -0.39 is 0 Å². The first-order valence-electron chi connectivity index (χ1n) is 6.19. The van der Waals surface area contributed by atoms with E-state index in [-0.39, 0.29) is 5.82 Å². The van der Waals surface area contributed by atoms with Gasteiger partial charge < -0.3 is 10.6 Å². The zero-order valence-corrected chi connectivity index (χ0v) is 11.1. The fraction of sp³-hybridized carbons (Fsp3) is 0.286. The Morgan fingerprint density at radius 1 is 1.16 bits per heavy atom. The average Bonchev–Trinajstić information content (AvgIpc) is 2.38. The fourth-order valence-corrected chi connectivity index (χ4v) is 1.81. The van der Waals surface area contributed by atoms with Gasteiger partial charge in [-0.1, -0.05) is 12.1 Å². The number of nitrogens with zero attached hydrogens (tertiary/aromatic N) is 2. The highest BCUT2D eigenvalue weighted by atomic mass is 19.1. The van der Waals surface area contributed by atoms with Gasteiger partial charge in [0.05, 0.1) is 0 Å². The first kappa shape index (κ1) is 13.3. The third-order valence-corrected chi connectivity index (χ3v) is 2.70. The quantitative estimate of drug-likeness (QED) is 0.867. The third-order valence-electron chi connectivity index (χ3n) is 2.70. The predicted octanol–water partition coefficient (Wildman–Crippen LogP) is 2.62. The number of aryl methyl sites for hydroxylation is 1. The van der Waals surface area contributed by atoms with E-state index in [1.165, 1.54) is 6.07 Å². The van der Waals surface area contributed by atoms with Gasteiger partial charge in [0.25, 0.3) is 0 Å². The summed E-state index contributed by atoms with van der Waals surface area (Å²) in [5.41, 5.74) is 0.965. The minimum Gasteiger partial charge on any atom is -0.373 e. The van der Waals surface area contributed by atoms with Crippen LogP contribution in [0.5, 0.6) is 0 Å². The van der Waals surface area contributed by atoms with Crippen molar-refractivity contribution in [1.82, 2.24) is 9.97 Å². The second-order valence-corrected chi connectivity index (χ2v) is 4.24. The summed E-state index contributed by atoms with van der Waals surface area (Å²) in [5, 5.41) is 6.20. The molecule has 0 aliphatic carbocycles. The van der Waals surface area contributed by atoms with Gasteiger partial charge in [-0.05, 0) is 31.0 Å². The summed E-state index contributed by atoms with van der Waals surface area (Å²) >= 11 is 0. The lowest BCUT2D eigenvalue weighted by atomic mass is 10.1. The molecule has 0 radical (unpaired) electrons. The van der Waals surface area contributed by atoms with Crippen LogP contribution in [-0.4, -0.2) is 23.6 Å². The summed E-state index contributed by atoms with van der Waals surface area (Å²) < 4.78 is 13.0. The Kier molecular flexibility index (Phi) is 4.28. The van der Waals surface area contributed by atoms with Crippen LogP contribution in [0, 0.1) is 12.7 Å². The number of halogens is 1. The molecule has 0 aliphatic rings. The molecule has 100 valence electrons. The summed E-state index contributed by atoms with van der Waals surface area (Å²) in [6.45, 7) is 2.54. The Balaban J connectivity index is 1.94. The summed E-state index contributed by atoms with van der Waals surface area (Å²) in [4.78, 5) is 8.51. The Bertz CT molecular complexity index is 557. The monoisotopic (exact) mass is 260 g/mol. The smallest absolute Gasteiger partial charge is 0.131 e. The molecule has 0 saturated heterocycles. The molecule has 0 amide bonds. The minimum absolute atomic E-state index is 0.201. The van der Waals surface area contributed by atoms with E-state index in [2.05, 4.69) is 20.6 Å². The van der Waals surface area contributed by atoms with Gasteiger partial charge in [-0.25, -0.2) is 14.4 Å². The molecule has 1 aromatic heterocycles. The molecule has 1 heterocycles. The van der Waals surface area contributed by atoms with Gasteiger partial charge in [0.2, 0.25) is 0 Å². The van der Waals surface area contributed by atoms with E-state index in [4.69, 9.17) is 0 Å². The first-order valence-corrected chi connectivity index (χ1v) is 6.19. The van der Waals surface area contributed by atoms with Crippen LogP contribution >= 0.6 is 0 Å². The molecule has 4 nitrogen and oxygen atoms in total. The van der Waals surface area contributed by atoms with Gasteiger partial charge in [0, 0.05) is 19.7 Å². The number of hydrogen-bond acceptors (Lipinski definition) is 4. The van der Waals surface area contributed by atoms with E-state index in [9.17, 15) is 4.39 Å². The van der Waals surface area contributed by atoms with Crippen molar-refractivity contribution in [3.8, 4) is 0 Å². The molecule has 0 atom stereocenters. The second-order valence-electron chi connectivity index (χ2n) is 4.24. The highest BCUT2D eigenvalue weighted by Gasteiger charge is 2.00. The molecule has 19 heavy (non-hydrogen) atoms. The van der Waals surface area contributed by atoms with E-state index in [0.717, 1.165) is 23.6 Å². The van der Waals surface area contributed by atoms with Crippen molar-refractivity contribution in [3.63, 3.8) is 0 Å². The maximum atomic E-state index is 13.0. The molecule has 0 aliphatic heterocycles. The Hall–Kier alpha value is -2.17. The normalized spacial score (nSPS) is 10.3. The minimum atomic E-state index is -0.201. The largest absolute Gasteiger partial charge is 0.373 e. The van der Waals surface area contributed by atoms with Crippen LogP contribution in [0.25, 0.3) is 0 Å². The standard InChI is InChI=1S/C14H17FN4/c1-10-18-13(16-2)9-14(19-10)17-7-6-11-4-3-5-12(15)8-11/h3-5,8-9H,6-7H2,1-2H3,(H2,16,17,18,19). The fourth-order valence-electron chi connectivity index (χ4n) is 1.81. The predicted molar refractivity (Wildman–Crippen MR) is 74.9 cm³/mol. The maximum Gasteiger partial charge on any atom is 0.131 e.